The molecule has 31 heavy (non-hydrogen) atoms. The Balaban J connectivity index is 1.96. The lowest BCUT2D eigenvalue weighted by Crippen LogP contribution is -2.40. The first kappa shape index (κ1) is 21.5. The molecule has 1 aromatic carbocycles. The average molecular weight is 501 g/mol. The molecule has 1 atom stereocenters. The molecule has 0 aliphatic carbocycles. The van der Waals surface area contributed by atoms with Crippen molar-refractivity contribution < 1.29 is 9.53 Å². The molecule has 0 saturated carbocycles. The number of nitrogens with zero attached hydrogens (tertiary/aromatic N) is 4. The third-order valence-corrected chi connectivity index (χ3v) is 6.54. The molecule has 0 radical (unpaired) electrons. The molecule has 0 amide bonds. The number of benzene rings is 1. The topological polar surface area (TPSA) is 78.5 Å². The van der Waals surface area contributed by atoms with Crippen molar-refractivity contribution in [1.82, 2.24) is 14.3 Å². The molecule has 0 fully saturated rings. The van der Waals surface area contributed by atoms with Crippen LogP contribution < -0.4 is 14.9 Å². The number of hydrogen-bond donors (Lipinski definition) is 0. The number of allylic oxidation sites excluding steroid dienone is 1. The van der Waals surface area contributed by atoms with Crippen molar-refractivity contribution in [2.45, 2.75) is 33.4 Å². The van der Waals surface area contributed by atoms with Crippen molar-refractivity contribution in [2.24, 2.45) is 4.99 Å². The van der Waals surface area contributed by atoms with Crippen LogP contribution in [0.15, 0.2) is 62.1 Å². The molecule has 0 unspecified atom stereocenters. The molecular weight excluding hydrogens is 480 g/mol. The van der Waals surface area contributed by atoms with E-state index in [4.69, 9.17) is 4.74 Å². The van der Waals surface area contributed by atoms with E-state index in [0.29, 0.717) is 27.1 Å². The number of esters is 1. The van der Waals surface area contributed by atoms with Crippen LogP contribution in [0, 0.1) is 0 Å². The van der Waals surface area contributed by atoms with Gasteiger partial charge in [-0.15, -0.1) is 0 Å². The van der Waals surface area contributed by atoms with Gasteiger partial charge in [-0.1, -0.05) is 39.4 Å². The molecule has 1 aliphatic rings. The number of aromatic nitrogens is 3. The lowest BCUT2D eigenvalue weighted by molar-refractivity contribution is -0.139. The lowest BCUT2D eigenvalue weighted by Gasteiger charge is -2.24. The van der Waals surface area contributed by atoms with Gasteiger partial charge in [0.15, 0.2) is 4.80 Å². The maximum Gasteiger partial charge on any atom is 0.338 e. The minimum Gasteiger partial charge on any atom is -0.463 e. The summed E-state index contributed by atoms with van der Waals surface area (Å²) in [4.78, 5) is 31.5. The largest absolute Gasteiger partial charge is 0.463 e. The summed E-state index contributed by atoms with van der Waals surface area (Å²) in [5.41, 5.74) is 2.38. The van der Waals surface area contributed by atoms with E-state index in [1.807, 2.05) is 48.0 Å². The summed E-state index contributed by atoms with van der Waals surface area (Å²) < 4.78 is 10.2. The van der Waals surface area contributed by atoms with Crippen LogP contribution >= 0.6 is 27.3 Å². The van der Waals surface area contributed by atoms with E-state index in [0.717, 1.165) is 15.7 Å². The SMILES string of the molecule is CCOC(=O)C1=C(C)N=c2s/c(=C/c3ccnn3CC)c(=O)n2[C@H]1c1ccc(Br)cc1. The number of carbonyl (C=O) groups is 1. The molecular formula is C22H21BrN4O3S. The summed E-state index contributed by atoms with van der Waals surface area (Å²) >= 11 is 4.75. The fourth-order valence-corrected chi connectivity index (χ4v) is 4.91. The van der Waals surface area contributed by atoms with Crippen LogP contribution in [0.1, 0.15) is 38.1 Å². The summed E-state index contributed by atoms with van der Waals surface area (Å²) in [5.74, 6) is -0.463. The minimum absolute atomic E-state index is 0.199. The first-order chi connectivity index (χ1) is 14.9. The van der Waals surface area contributed by atoms with Crippen LogP contribution in [-0.4, -0.2) is 26.9 Å². The van der Waals surface area contributed by atoms with Crippen LogP contribution in [0.25, 0.3) is 6.08 Å². The zero-order chi connectivity index (χ0) is 22.1. The molecule has 160 valence electrons. The van der Waals surface area contributed by atoms with Gasteiger partial charge in [0.05, 0.1) is 34.1 Å². The predicted molar refractivity (Wildman–Crippen MR) is 122 cm³/mol. The normalized spacial score (nSPS) is 16.3. The van der Waals surface area contributed by atoms with Gasteiger partial charge in [0.25, 0.3) is 5.56 Å². The summed E-state index contributed by atoms with van der Waals surface area (Å²) in [6.07, 6.45) is 3.53. The zero-order valence-corrected chi connectivity index (χ0v) is 19.7. The van der Waals surface area contributed by atoms with Crippen LogP contribution in [0.3, 0.4) is 0 Å². The summed E-state index contributed by atoms with van der Waals surface area (Å²) in [6, 6.07) is 8.84. The van der Waals surface area contributed by atoms with Gasteiger partial charge >= 0.3 is 5.97 Å². The number of aryl methyl sites for hydroxylation is 1. The molecule has 9 heteroatoms. The third kappa shape index (κ3) is 3.95. The fourth-order valence-electron chi connectivity index (χ4n) is 3.62. The molecule has 3 aromatic rings. The molecule has 0 saturated heterocycles. The van der Waals surface area contributed by atoms with Crippen molar-refractivity contribution in [1.29, 1.82) is 0 Å². The van der Waals surface area contributed by atoms with Crippen molar-refractivity contribution >= 4 is 39.3 Å². The van der Waals surface area contributed by atoms with Crippen molar-refractivity contribution in [2.75, 3.05) is 6.61 Å². The van der Waals surface area contributed by atoms with E-state index in [-0.39, 0.29) is 12.2 Å². The summed E-state index contributed by atoms with van der Waals surface area (Å²) in [5, 5.41) is 4.26. The van der Waals surface area contributed by atoms with Gasteiger partial charge in [0.2, 0.25) is 0 Å². The summed E-state index contributed by atoms with van der Waals surface area (Å²) in [7, 11) is 0. The molecule has 2 aromatic heterocycles. The lowest BCUT2D eigenvalue weighted by atomic mass is 9.96. The molecule has 1 aliphatic heterocycles. The van der Waals surface area contributed by atoms with Crippen LogP contribution in [0.5, 0.6) is 0 Å². The highest BCUT2D eigenvalue weighted by Gasteiger charge is 2.33. The standard InChI is InChI=1S/C22H21BrN4O3S/c1-4-26-16(10-11-24-26)12-17-20(28)27-19(14-6-8-15(23)9-7-14)18(21(29)30-5-2)13(3)25-22(27)31-17/h6-12,19H,4-5H2,1-3H3/b17-12+/t19-/m0/s1. The molecule has 3 heterocycles. The van der Waals surface area contributed by atoms with Gasteiger partial charge in [0.1, 0.15) is 0 Å². The van der Waals surface area contributed by atoms with Crippen molar-refractivity contribution in [3.8, 4) is 0 Å². The van der Waals surface area contributed by atoms with E-state index < -0.39 is 12.0 Å². The van der Waals surface area contributed by atoms with Crippen LogP contribution in [0.2, 0.25) is 0 Å². The van der Waals surface area contributed by atoms with Gasteiger partial charge in [-0.3, -0.25) is 14.0 Å². The van der Waals surface area contributed by atoms with E-state index in [2.05, 4.69) is 26.0 Å². The molecule has 0 spiro atoms. The summed E-state index contributed by atoms with van der Waals surface area (Å²) in [6.45, 7) is 6.48. The molecule has 4 rings (SSSR count). The number of carbonyl (C=O) groups excluding carboxylic acids is 1. The van der Waals surface area contributed by atoms with Gasteiger partial charge in [-0.05, 0) is 50.6 Å². The highest BCUT2D eigenvalue weighted by Crippen LogP contribution is 2.31. The van der Waals surface area contributed by atoms with Gasteiger partial charge in [-0.2, -0.15) is 5.10 Å². The smallest absolute Gasteiger partial charge is 0.338 e. The Labute approximate surface area is 191 Å². The Bertz CT molecular complexity index is 1350. The molecule has 0 bridgehead atoms. The Morgan fingerprint density at radius 3 is 2.68 bits per heavy atom. The Hall–Kier alpha value is -2.78. The van der Waals surface area contributed by atoms with E-state index in [9.17, 15) is 9.59 Å². The fraction of sp³-hybridized carbons (Fsp3) is 0.273. The van der Waals surface area contributed by atoms with Gasteiger partial charge in [0, 0.05) is 17.2 Å². The Kier molecular flexibility index (Phi) is 6.06. The van der Waals surface area contributed by atoms with Crippen molar-refractivity contribution in [3.05, 3.63) is 83.2 Å². The number of halogens is 1. The number of fused-ring (bicyclic) bond motifs is 1. The number of ether oxygens (including phenoxy) is 1. The zero-order valence-electron chi connectivity index (χ0n) is 17.3. The van der Waals surface area contributed by atoms with Crippen LogP contribution in [0.4, 0.5) is 0 Å². The quantitative estimate of drug-likeness (QED) is 0.504. The first-order valence-corrected chi connectivity index (χ1v) is 11.5. The molecule has 7 nitrogen and oxygen atoms in total. The maximum absolute atomic E-state index is 13.5. The van der Waals surface area contributed by atoms with Gasteiger partial charge < -0.3 is 4.74 Å². The van der Waals surface area contributed by atoms with E-state index in [1.54, 1.807) is 24.6 Å². The first-order valence-electron chi connectivity index (χ1n) is 9.91. The number of thiazole rings is 1. The number of rotatable bonds is 5. The van der Waals surface area contributed by atoms with Crippen LogP contribution in [-0.2, 0) is 16.1 Å². The highest BCUT2D eigenvalue weighted by atomic mass is 79.9. The highest BCUT2D eigenvalue weighted by molar-refractivity contribution is 9.10. The second kappa shape index (κ2) is 8.76. The second-order valence-electron chi connectivity index (χ2n) is 6.93. The second-order valence-corrected chi connectivity index (χ2v) is 8.85. The molecule has 0 N–H and O–H groups in total. The number of hydrogen-bond acceptors (Lipinski definition) is 6. The average Bonchev–Trinajstić information content (AvgIpc) is 3.32. The minimum atomic E-state index is -0.610. The third-order valence-electron chi connectivity index (χ3n) is 5.03. The van der Waals surface area contributed by atoms with Gasteiger partial charge in [-0.25, -0.2) is 9.79 Å². The predicted octanol–water partition coefficient (Wildman–Crippen LogP) is 2.78. The Morgan fingerprint density at radius 2 is 2.00 bits per heavy atom. The van der Waals surface area contributed by atoms with Crippen molar-refractivity contribution in [3.63, 3.8) is 0 Å². The van der Waals surface area contributed by atoms with E-state index >= 15 is 0 Å². The monoisotopic (exact) mass is 500 g/mol. The Morgan fingerprint density at radius 1 is 1.26 bits per heavy atom. The van der Waals surface area contributed by atoms with E-state index in [1.165, 1.54) is 11.3 Å². The maximum atomic E-state index is 13.5.